The van der Waals surface area contributed by atoms with Crippen molar-refractivity contribution in [2.75, 3.05) is 16.8 Å². The third kappa shape index (κ3) is 2.63. The zero-order chi connectivity index (χ0) is 15.0. The first-order chi connectivity index (χ1) is 10.1. The maximum Gasteiger partial charge on any atom is 0.232 e. The van der Waals surface area contributed by atoms with Crippen LogP contribution in [0.4, 0.5) is 11.4 Å². The first kappa shape index (κ1) is 14.0. The van der Waals surface area contributed by atoms with Crippen molar-refractivity contribution >= 4 is 29.0 Å². The van der Waals surface area contributed by atoms with Crippen LogP contribution >= 0.6 is 11.8 Å². The average molecular weight is 298 g/mol. The third-order valence-corrected chi connectivity index (χ3v) is 5.07. The van der Waals surface area contributed by atoms with Crippen LogP contribution in [0.25, 0.3) is 0 Å². The molecule has 1 aliphatic rings. The maximum atomic E-state index is 12.6. The van der Waals surface area contributed by atoms with Gasteiger partial charge in [-0.05, 0) is 48.7 Å². The van der Waals surface area contributed by atoms with Gasteiger partial charge in [0.2, 0.25) is 5.91 Å². The average Bonchev–Trinajstić information content (AvgIpc) is 2.88. The highest BCUT2D eigenvalue weighted by Gasteiger charge is 2.29. The van der Waals surface area contributed by atoms with Crippen LogP contribution in [0, 0.1) is 13.8 Å². The van der Waals surface area contributed by atoms with E-state index in [1.165, 1.54) is 4.90 Å². The number of amides is 1. The van der Waals surface area contributed by atoms with Crippen LogP contribution in [0.1, 0.15) is 22.6 Å². The fraction of sp³-hybridized carbons (Fsp3) is 0.235. The number of rotatable bonds is 2. The zero-order valence-electron chi connectivity index (χ0n) is 12.1. The summed E-state index contributed by atoms with van der Waals surface area (Å²) in [6, 6.07) is 12.0. The molecule has 1 aliphatic heterocycles. The largest absolute Gasteiger partial charge is 0.399 e. The van der Waals surface area contributed by atoms with E-state index in [4.69, 9.17) is 5.73 Å². The fourth-order valence-electron chi connectivity index (χ4n) is 2.57. The second kappa shape index (κ2) is 5.45. The van der Waals surface area contributed by atoms with E-state index in [0.717, 1.165) is 33.8 Å². The predicted molar refractivity (Wildman–Crippen MR) is 88.9 cm³/mol. The molecule has 0 spiro atoms. The Hall–Kier alpha value is -1.94. The second-order valence-electron chi connectivity index (χ2n) is 5.41. The summed E-state index contributed by atoms with van der Waals surface area (Å²) in [6.45, 7) is 3.91. The highest BCUT2D eigenvalue weighted by Crippen LogP contribution is 2.40. The number of thioether (sulfide) groups is 1. The van der Waals surface area contributed by atoms with Crippen molar-refractivity contribution in [1.82, 2.24) is 0 Å². The van der Waals surface area contributed by atoms with Gasteiger partial charge in [0.1, 0.15) is 0 Å². The van der Waals surface area contributed by atoms with Gasteiger partial charge in [-0.1, -0.05) is 18.2 Å². The number of nitrogens with two attached hydrogens (primary N) is 1. The summed E-state index contributed by atoms with van der Waals surface area (Å²) < 4.78 is 0. The molecule has 0 saturated heterocycles. The third-order valence-electron chi connectivity index (χ3n) is 3.89. The molecule has 0 radical (unpaired) electrons. The van der Waals surface area contributed by atoms with Gasteiger partial charge in [0.25, 0.3) is 0 Å². The fourth-order valence-corrected chi connectivity index (χ4v) is 3.80. The van der Waals surface area contributed by atoms with Crippen molar-refractivity contribution in [3.05, 3.63) is 53.1 Å². The lowest BCUT2D eigenvalue weighted by Gasteiger charge is -2.15. The maximum absolute atomic E-state index is 12.6. The van der Waals surface area contributed by atoms with E-state index in [9.17, 15) is 4.79 Å². The molecule has 1 atom stereocenters. The first-order valence-corrected chi connectivity index (χ1v) is 7.94. The van der Waals surface area contributed by atoms with Crippen molar-refractivity contribution in [3.63, 3.8) is 0 Å². The summed E-state index contributed by atoms with van der Waals surface area (Å²) in [5, 5.41) is 3.05. The molecule has 0 bridgehead atoms. The molecule has 1 amide bonds. The Kier molecular flexibility index (Phi) is 3.64. The van der Waals surface area contributed by atoms with E-state index in [2.05, 4.69) is 11.4 Å². The Labute approximate surface area is 128 Å². The molecule has 0 aromatic heterocycles. The van der Waals surface area contributed by atoms with Crippen LogP contribution in [-0.4, -0.2) is 11.7 Å². The Bertz CT molecular complexity index is 712. The van der Waals surface area contributed by atoms with Crippen molar-refractivity contribution in [1.29, 1.82) is 0 Å². The first-order valence-electron chi connectivity index (χ1n) is 6.95. The van der Waals surface area contributed by atoms with Gasteiger partial charge in [0.05, 0.1) is 5.92 Å². The molecule has 3 N–H and O–H groups in total. The summed E-state index contributed by atoms with van der Waals surface area (Å²) in [4.78, 5) is 13.8. The lowest BCUT2D eigenvalue weighted by molar-refractivity contribution is -0.117. The minimum absolute atomic E-state index is 0.0553. The van der Waals surface area contributed by atoms with Crippen molar-refractivity contribution in [2.45, 2.75) is 24.7 Å². The summed E-state index contributed by atoms with van der Waals surface area (Å²) in [5.41, 5.74) is 10.6. The standard InChI is InChI=1S/C17H18N2OS/c1-10-8-15(11(2)7-14(10)18)19-17(20)13-9-21-16-6-4-3-5-12(13)16/h3-8,13H,9,18H2,1-2H3,(H,19,20). The van der Waals surface area contributed by atoms with Crippen LogP contribution in [0.5, 0.6) is 0 Å². The molecule has 108 valence electrons. The van der Waals surface area contributed by atoms with Gasteiger partial charge in [-0.25, -0.2) is 0 Å². The van der Waals surface area contributed by atoms with Crippen LogP contribution < -0.4 is 11.1 Å². The molecule has 1 unspecified atom stereocenters. The van der Waals surface area contributed by atoms with Crippen molar-refractivity contribution in [2.24, 2.45) is 0 Å². The number of anilines is 2. The number of carbonyl (C=O) groups excluding carboxylic acids is 1. The van der Waals surface area contributed by atoms with Crippen molar-refractivity contribution in [3.8, 4) is 0 Å². The van der Waals surface area contributed by atoms with E-state index in [-0.39, 0.29) is 11.8 Å². The molecular weight excluding hydrogens is 280 g/mol. The summed E-state index contributed by atoms with van der Waals surface area (Å²) in [6.07, 6.45) is 0. The van der Waals surface area contributed by atoms with Gasteiger partial charge in [-0.2, -0.15) is 0 Å². The highest BCUT2D eigenvalue weighted by molar-refractivity contribution is 7.99. The summed E-state index contributed by atoms with van der Waals surface area (Å²) >= 11 is 1.74. The number of aryl methyl sites for hydroxylation is 2. The van der Waals surface area contributed by atoms with E-state index in [1.807, 2.05) is 44.2 Å². The number of fused-ring (bicyclic) bond motifs is 1. The molecule has 4 heteroatoms. The van der Waals surface area contributed by atoms with E-state index >= 15 is 0 Å². The minimum Gasteiger partial charge on any atom is -0.399 e. The predicted octanol–water partition coefficient (Wildman–Crippen LogP) is 3.71. The quantitative estimate of drug-likeness (QED) is 0.831. The molecular formula is C17H18N2OS. The normalized spacial score (nSPS) is 16.6. The van der Waals surface area contributed by atoms with Crippen molar-refractivity contribution < 1.29 is 4.79 Å². The van der Waals surface area contributed by atoms with Crippen LogP contribution in [0.3, 0.4) is 0 Å². The zero-order valence-corrected chi connectivity index (χ0v) is 13.0. The second-order valence-corrected chi connectivity index (χ2v) is 6.48. The smallest absolute Gasteiger partial charge is 0.232 e. The van der Waals surface area contributed by atoms with Crippen LogP contribution in [-0.2, 0) is 4.79 Å². The van der Waals surface area contributed by atoms with Gasteiger partial charge < -0.3 is 11.1 Å². The number of nitrogen functional groups attached to an aromatic ring is 1. The van der Waals surface area contributed by atoms with Crippen LogP contribution in [0.2, 0.25) is 0 Å². The number of benzene rings is 2. The number of hydrogen-bond donors (Lipinski definition) is 2. The van der Waals surface area contributed by atoms with Gasteiger partial charge >= 0.3 is 0 Å². The monoisotopic (exact) mass is 298 g/mol. The molecule has 3 nitrogen and oxygen atoms in total. The molecule has 0 saturated carbocycles. The molecule has 1 heterocycles. The summed E-state index contributed by atoms with van der Waals surface area (Å²) in [7, 11) is 0. The molecule has 21 heavy (non-hydrogen) atoms. The molecule has 2 aromatic rings. The molecule has 2 aromatic carbocycles. The topological polar surface area (TPSA) is 55.1 Å². The molecule has 3 rings (SSSR count). The number of nitrogens with one attached hydrogen (secondary N) is 1. The van der Waals surface area contributed by atoms with E-state index < -0.39 is 0 Å². The Morgan fingerprint density at radius 1 is 1.24 bits per heavy atom. The highest BCUT2D eigenvalue weighted by atomic mass is 32.2. The Morgan fingerprint density at radius 2 is 2.00 bits per heavy atom. The molecule has 0 fully saturated rings. The number of hydrogen-bond acceptors (Lipinski definition) is 3. The Morgan fingerprint density at radius 3 is 2.81 bits per heavy atom. The van der Waals surface area contributed by atoms with E-state index in [0.29, 0.717) is 0 Å². The van der Waals surface area contributed by atoms with Crippen LogP contribution in [0.15, 0.2) is 41.3 Å². The summed E-state index contributed by atoms with van der Waals surface area (Å²) in [5.74, 6) is 0.779. The van der Waals surface area contributed by atoms with Gasteiger partial charge in [0.15, 0.2) is 0 Å². The minimum atomic E-state index is -0.0801. The SMILES string of the molecule is Cc1cc(NC(=O)C2CSc3ccccc32)c(C)cc1N. The molecule has 0 aliphatic carbocycles. The van der Waals surface area contributed by atoms with Gasteiger partial charge in [-0.3, -0.25) is 4.79 Å². The van der Waals surface area contributed by atoms with Gasteiger partial charge in [-0.15, -0.1) is 11.8 Å². The van der Waals surface area contributed by atoms with E-state index in [1.54, 1.807) is 11.8 Å². The Balaban J connectivity index is 1.84. The lowest BCUT2D eigenvalue weighted by Crippen LogP contribution is -2.21. The van der Waals surface area contributed by atoms with Gasteiger partial charge in [0, 0.05) is 22.0 Å². The number of carbonyl (C=O) groups is 1. The lowest BCUT2D eigenvalue weighted by atomic mass is 10.00.